The van der Waals surface area contributed by atoms with Crippen LogP contribution in [-0.4, -0.2) is 63.6 Å². The Morgan fingerprint density at radius 2 is 1.94 bits per heavy atom. The van der Waals surface area contributed by atoms with Crippen LogP contribution in [0.25, 0.3) is 16.3 Å². The molecule has 3 spiro atoms. The molecule has 4 aliphatic carbocycles. The highest BCUT2D eigenvalue weighted by Crippen LogP contribution is 2.81. The largest absolute Gasteiger partial charge is 0.390 e. The number of pyridine rings is 1. The van der Waals surface area contributed by atoms with E-state index in [-0.39, 0.29) is 28.1 Å². The lowest BCUT2D eigenvalue weighted by Gasteiger charge is -2.59. The number of nitrogens with zero attached hydrogens (tertiary/aromatic N) is 2. The zero-order chi connectivity index (χ0) is 24.7. The Hall–Kier alpha value is -2.05. The van der Waals surface area contributed by atoms with Crippen molar-refractivity contribution < 1.29 is 14.9 Å². The Labute approximate surface area is 212 Å². The van der Waals surface area contributed by atoms with Gasteiger partial charge in [0.15, 0.2) is 0 Å². The van der Waals surface area contributed by atoms with Crippen LogP contribution in [0.5, 0.6) is 0 Å². The molecule has 2 aliphatic heterocycles. The van der Waals surface area contributed by atoms with Gasteiger partial charge in [0.05, 0.1) is 23.4 Å². The maximum absolute atomic E-state index is 11.5. The molecule has 5 heteroatoms. The van der Waals surface area contributed by atoms with E-state index in [1.807, 2.05) is 26.5 Å². The van der Waals surface area contributed by atoms with Gasteiger partial charge in [-0.25, -0.2) is 0 Å². The molecule has 8 rings (SSSR count). The molecular formula is C31H36N2O3. The molecule has 2 saturated heterocycles. The van der Waals surface area contributed by atoms with Crippen LogP contribution in [0.2, 0.25) is 0 Å². The number of benzene rings is 1. The Kier molecular flexibility index (Phi) is 4.08. The molecule has 2 aromatic rings. The van der Waals surface area contributed by atoms with Gasteiger partial charge in [-0.05, 0) is 86.7 Å². The summed E-state index contributed by atoms with van der Waals surface area (Å²) in [5.41, 5.74) is 3.30. The lowest BCUT2D eigenvalue weighted by atomic mass is 9.57. The second kappa shape index (κ2) is 6.68. The van der Waals surface area contributed by atoms with Gasteiger partial charge in [-0.2, -0.15) is 0 Å². The van der Waals surface area contributed by atoms with Gasteiger partial charge in [0.25, 0.3) is 0 Å². The van der Waals surface area contributed by atoms with Gasteiger partial charge in [-0.3, -0.25) is 4.98 Å². The summed E-state index contributed by atoms with van der Waals surface area (Å²) in [6.45, 7) is 2.46. The van der Waals surface area contributed by atoms with Crippen molar-refractivity contribution in [2.24, 2.45) is 22.7 Å². The molecule has 6 aliphatic rings. The molecule has 188 valence electrons. The average Bonchev–Trinajstić information content (AvgIpc) is 3.40. The third-order valence-corrected chi connectivity index (χ3v) is 11.7. The molecule has 0 radical (unpaired) electrons. The van der Waals surface area contributed by atoms with Gasteiger partial charge in [0.2, 0.25) is 0 Å². The van der Waals surface area contributed by atoms with Crippen molar-refractivity contribution in [3.63, 3.8) is 0 Å². The minimum absolute atomic E-state index is 0.00178. The van der Waals surface area contributed by atoms with Crippen molar-refractivity contribution in [2.75, 3.05) is 14.1 Å². The van der Waals surface area contributed by atoms with Gasteiger partial charge >= 0.3 is 0 Å². The first kappa shape index (κ1) is 22.0. The molecule has 2 bridgehead atoms. The van der Waals surface area contributed by atoms with Gasteiger partial charge in [-0.15, -0.1) is 0 Å². The van der Waals surface area contributed by atoms with Crippen molar-refractivity contribution in [2.45, 2.75) is 74.9 Å². The molecule has 2 saturated carbocycles. The molecule has 3 unspecified atom stereocenters. The molecule has 36 heavy (non-hydrogen) atoms. The average molecular weight is 485 g/mol. The molecule has 5 nitrogen and oxygen atoms in total. The smallest absolute Gasteiger partial charge is 0.0961 e. The highest BCUT2D eigenvalue weighted by Gasteiger charge is 2.84. The number of aliphatic hydroxyl groups excluding tert-OH is 2. The number of aliphatic hydroxyl groups is 2. The zero-order valence-electron chi connectivity index (χ0n) is 21.4. The number of fused-ring (bicyclic) bond motifs is 3. The minimum atomic E-state index is -0.727. The number of hydrogen-bond donors (Lipinski definition) is 2. The fourth-order valence-electron chi connectivity index (χ4n) is 9.95. The van der Waals surface area contributed by atoms with E-state index >= 15 is 0 Å². The second-order valence-corrected chi connectivity index (χ2v) is 13.0. The summed E-state index contributed by atoms with van der Waals surface area (Å²) in [6, 6.07) is 8.64. The standard InChI is InChI=1S/C31H36N2O3/c1-28-11-9-22-23-15-30(23)27(35)26(34)24(33(2)3)16-29(30)12-13-31(22,36-29)25(28)8-7-21(28)19-6-4-5-18-10-14-32-17-20(18)19/h4-7,9-10,14,17,23-27,34-35H,8,11-13,15-16H2,1-3H3/t23?,24-,25?,26+,27-,28+,29+,30?,31+/m0/s1. The van der Waals surface area contributed by atoms with Crippen molar-refractivity contribution in [3.8, 4) is 0 Å². The lowest BCUT2D eigenvalue weighted by molar-refractivity contribution is -0.248. The molecule has 4 fully saturated rings. The van der Waals surface area contributed by atoms with E-state index in [1.54, 1.807) is 0 Å². The van der Waals surface area contributed by atoms with E-state index in [9.17, 15) is 10.2 Å². The zero-order valence-corrected chi connectivity index (χ0v) is 21.4. The predicted octanol–water partition coefficient (Wildman–Crippen LogP) is 4.34. The minimum Gasteiger partial charge on any atom is -0.390 e. The summed E-state index contributed by atoms with van der Waals surface area (Å²) < 4.78 is 7.46. The van der Waals surface area contributed by atoms with E-state index in [0.29, 0.717) is 11.8 Å². The van der Waals surface area contributed by atoms with Crippen LogP contribution in [0, 0.1) is 22.7 Å². The molecular weight excluding hydrogens is 448 g/mol. The maximum Gasteiger partial charge on any atom is 0.0961 e. The number of aromatic nitrogens is 1. The van der Waals surface area contributed by atoms with Crippen LogP contribution in [0.1, 0.15) is 51.0 Å². The third kappa shape index (κ3) is 2.28. The van der Waals surface area contributed by atoms with Crippen LogP contribution >= 0.6 is 0 Å². The van der Waals surface area contributed by atoms with E-state index in [2.05, 4.69) is 53.2 Å². The van der Waals surface area contributed by atoms with Crippen LogP contribution < -0.4 is 0 Å². The van der Waals surface area contributed by atoms with Crippen molar-refractivity contribution in [1.29, 1.82) is 0 Å². The van der Waals surface area contributed by atoms with Crippen LogP contribution in [0.3, 0.4) is 0 Å². The topological polar surface area (TPSA) is 65.8 Å². The SMILES string of the molecule is CN(C)[C@H]1C[C@@]23CC[C@@]4(O2)C(=CC[C@]2(C)C(c5cccc6ccncc56)=CCC24)C2CC23[C@@H](O)[C@@H]1O. The van der Waals surface area contributed by atoms with E-state index in [0.717, 1.165) is 38.5 Å². The number of rotatable bonds is 2. The van der Waals surface area contributed by atoms with Crippen molar-refractivity contribution in [1.82, 2.24) is 9.88 Å². The Morgan fingerprint density at radius 1 is 1.08 bits per heavy atom. The van der Waals surface area contributed by atoms with Crippen molar-refractivity contribution in [3.05, 3.63) is 59.9 Å². The fraction of sp³-hybridized carbons (Fsp3) is 0.581. The van der Waals surface area contributed by atoms with Crippen molar-refractivity contribution >= 4 is 16.3 Å². The summed E-state index contributed by atoms with van der Waals surface area (Å²) in [6.07, 6.45) is 13.2. The van der Waals surface area contributed by atoms with Gasteiger partial charge in [0, 0.05) is 40.6 Å². The first-order valence-electron chi connectivity index (χ1n) is 13.7. The summed E-state index contributed by atoms with van der Waals surface area (Å²) in [5.74, 6) is 0.739. The number of ether oxygens (including phenoxy) is 1. The Bertz CT molecular complexity index is 1360. The van der Waals surface area contributed by atoms with Gasteiger partial charge in [-0.1, -0.05) is 37.3 Å². The van der Waals surface area contributed by atoms with E-state index in [4.69, 9.17) is 4.74 Å². The molecule has 0 amide bonds. The Balaban J connectivity index is 1.24. The lowest BCUT2D eigenvalue weighted by Crippen LogP contribution is -2.67. The summed E-state index contributed by atoms with van der Waals surface area (Å²) in [5, 5.41) is 25.1. The summed E-state index contributed by atoms with van der Waals surface area (Å²) in [4.78, 5) is 6.54. The number of likely N-dealkylation sites (N-methyl/N-ethyl adjacent to an activating group) is 1. The van der Waals surface area contributed by atoms with Crippen LogP contribution in [-0.2, 0) is 4.74 Å². The van der Waals surface area contributed by atoms with E-state index in [1.165, 1.54) is 27.5 Å². The summed E-state index contributed by atoms with van der Waals surface area (Å²) in [7, 11) is 4.03. The molecule has 3 heterocycles. The number of allylic oxidation sites excluding steroid dienone is 3. The maximum atomic E-state index is 11.5. The third-order valence-electron chi connectivity index (χ3n) is 11.7. The fourth-order valence-corrected chi connectivity index (χ4v) is 9.95. The van der Waals surface area contributed by atoms with Crippen LogP contribution in [0.4, 0.5) is 0 Å². The Morgan fingerprint density at radius 3 is 2.78 bits per heavy atom. The molecule has 1 aromatic heterocycles. The molecule has 1 aromatic carbocycles. The highest BCUT2D eigenvalue weighted by atomic mass is 16.5. The highest BCUT2D eigenvalue weighted by molar-refractivity contribution is 5.95. The van der Waals surface area contributed by atoms with Crippen LogP contribution in [0.15, 0.2) is 54.4 Å². The number of hydrogen-bond acceptors (Lipinski definition) is 5. The quantitative estimate of drug-likeness (QED) is 0.621. The monoisotopic (exact) mass is 484 g/mol. The summed E-state index contributed by atoms with van der Waals surface area (Å²) >= 11 is 0. The van der Waals surface area contributed by atoms with Gasteiger partial charge in [0.1, 0.15) is 0 Å². The predicted molar refractivity (Wildman–Crippen MR) is 139 cm³/mol. The second-order valence-electron chi connectivity index (χ2n) is 13.0. The van der Waals surface area contributed by atoms with Gasteiger partial charge < -0.3 is 19.8 Å². The van der Waals surface area contributed by atoms with E-state index < -0.39 is 12.2 Å². The normalized spacial score (nSPS) is 48.1. The first-order chi connectivity index (χ1) is 17.3. The molecule has 9 atom stereocenters. The first-order valence-corrected chi connectivity index (χ1v) is 13.7. The molecule has 2 N–H and O–H groups in total.